The highest BCUT2D eigenvalue weighted by Gasteiger charge is 2.26. The Hall–Kier alpha value is -1.93. The van der Waals surface area contributed by atoms with Crippen molar-refractivity contribution in [2.75, 3.05) is 39.3 Å². The Labute approximate surface area is 152 Å². The minimum atomic E-state index is -0.548. The second kappa shape index (κ2) is 8.64. The van der Waals surface area contributed by atoms with Crippen LogP contribution in [0.5, 0.6) is 0 Å². The molecule has 2 N–H and O–H groups in total. The van der Waals surface area contributed by atoms with E-state index in [0.29, 0.717) is 31.0 Å². The van der Waals surface area contributed by atoms with E-state index < -0.39 is 11.2 Å². The Morgan fingerprint density at radius 1 is 1.12 bits per heavy atom. The number of ether oxygens (including phenoxy) is 1. The second-order valence-corrected chi connectivity index (χ2v) is 7.24. The first kappa shape index (κ1) is 18.8. The number of aromatic nitrogens is 2. The van der Waals surface area contributed by atoms with Crippen LogP contribution < -0.4 is 11.2 Å². The predicted octanol–water partition coefficient (Wildman–Crippen LogP) is 0.0175. The number of rotatable bonds is 4. The summed E-state index contributed by atoms with van der Waals surface area (Å²) in [5.74, 6) is -0.0974. The van der Waals surface area contributed by atoms with Gasteiger partial charge in [0.05, 0.1) is 12.5 Å². The summed E-state index contributed by atoms with van der Waals surface area (Å²) in [6.07, 6.45) is 4.54. The Bertz CT molecular complexity index is 735. The standard InChI is InChI=1S/C18H28N4O4/c1-13-15(17(24)20-18(25)19-13)10-16(23)22-8-5-9-26-14(12-22)11-21-6-3-2-4-7-21/h14H,2-12H2,1H3,(H2,19,20,24,25). The van der Waals surface area contributed by atoms with Crippen LogP contribution in [0.15, 0.2) is 9.59 Å². The van der Waals surface area contributed by atoms with Crippen LogP contribution in [0.1, 0.15) is 36.9 Å². The third-order valence-electron chi connectivity index (χ3n) is 5.20. The monoisotopic (exact) mass is 364 g/mol. The van der Waals surface area contributed by atoms with E-state index >= 15 is 0 Å². The zero-order valence-electron chi connectivity index (χ0n) is 15.4. The van der Waals surface area contributed by atoms with Crippen LogP contribution >= 0.6 is 0 Å². The highest BCUT2D eigenvalue weighted by molar-refractivity contribution is 5.79. The third kappa shape index (κ3) is 4.82. The normalized spacial score (nSPS) is 22.2. The topological polar surface area (TPSA) is 98.5 Å². The van der Waals surface area contributed by atoms with Gasteiger partial charge in [0, 0.05) is 37.5 Å². The first-order valence-electron chi connectivity index (χ1n) is 9.47. The molecule has 0 saturated carbocycles. The number of aryl methyl sites for hydroxylation is 1. The van der Waals surface area contributed by atoms with Crippen LogP contribution in [0.4, 0.5) is 0 Å². The fourth-order valence-corrected chi connectivity index (χ4v) is 3.76. The summed E-state index contributed by atoms with van der Waals surface area (Å²) in [5.41, 5.74) is -0.264. The lowest BCUT2D eigenvalue weighted by Crippen LogP contribution is -2.44. The van der Waals surface area contributed by atoms with Gasteiger partial charge in [-0.1, -0.05) is 6.42 Å². The van der Waals surface area contributed by atoms with Crippen LogP contribution in [0.25, 0.3) is 0 Å². The fraction of sp³-hybridized carbons (Fsp3) is 0.722. The first-order chi connectivity index (χ1) is 12.5. The number of aromatic amines is 2. The Morgan fingerprint density at radius 2 is 1.88 bits per heavy atom. The van der Waals surface area contributed by atoms with Crippen molar-refractivity contribution in [1.82, 2.24) is 19.8 Å². The van der Waals surface area contributed by atoms with Gasteiger partial charge in [0.1, 0.15) is 0 Å². The molecule has 1 unspecified atom stereocenters. The molecule has 0 spiro atoms. The van der Waals surface area contributed by atoms with E-state index in [1.165, 1.54) is 19.3 Å². The summed E-state index contributed by atoms with van der Waals surface area (Å²) in [5, 5.41) is 0. The van der Waals surface area contributed by atoms with Crippen molar-refractivity contribution in [3.05, 3.63) is 32.1 Å². The molecule has 8 heteroatoms. The van der Waals surface area contributed by atoms with Gasteiger partial charge in [-0.3, -0.25) is 14.6 Å². The van der Waals surface area contributed by atoms with E-state index in [4.69, 9.17) is 4.74 Å². The first-order valence-corrected chi connectivity index (χ1v) is 9.47. The Morgan fingerprint density at radius 3 is 2.62 bits per heavy atom. The molecule has 3 heterocycles. The highest BCUT2D eigenvalue weighted by atomic mass is 16.5. The van der Waals surface area contributed by atoms with Crippen molar-refractivity contribution in [3.63, 3.8) is 0 Å². The Balaban J connectivity index is 1.64. The molecule has 1 aromatic rings. The number of nitrogens with one attached hydrogen (secondary N) is 2. The van der Waals surface area contributed by atoms with Crippen LogP contribution in [-0.2, 0) is 16.0 Å². The molecule has 2 aliphatic heterocycles. The van der Waals surface area contributed by atoms with Crippen molar-refractivity contribution in [2.24, 2.45) is 0 Å². The fourth-order valence-electron chi connectivity index (χ4n) is 3.76. The second-order valence-electron chi connectivity index (χ2n) is 7.24. The molecular formula is C18H28N4O4. The minimum absolute atomic E-state index is 0.00557. The summed E-state index contributed by atoms with van der Waals surface area (Å²) >= 11 is 0. The molecule has 2 saturated heterocycles. The average molecular weight is 364 g/mol. The van der Waals surface area contributed by atoms with Gasteiger partial charge in [-0.15, -0.1) is 0 Å². The van der Waals surface area contributed by atoms with Crippen molar-refractivity contribution >= 4 is 5.91 Å². The Kier molecular flexibility index (Phi) is 6.26. The lowest BCUT2D eigenvalue weighted by atomic mass is 10.1. The van der Waals surface area contributed by atoms with Gasteiger partial charge in [0.15, 0.2) is 0 Å². The van der Waals surface area contributed by atoms with E-state index in [9.17, 15) is 14.4 Å². The third-order valence-corrected chi connectivity index (χ3v) is 5.20. The molecule has 2 aliphatic rings. The van der Waals surface area contributed by atoms with Gasteiger partial charge in [0.2, 0.25) is 5.91 Å². The molecule has 1 aromatic heterocycles. The molecule has 8 nitrogen and oxygen atoms in total. The van der Waals surface area contributed by atoms with Gasteiger partial charge in [-0.25, -0.2) is 4.79 Å². The minimum Gasteiger partial charge on any atom is -0.375 e. The van der Waals surface area contributed by atoms with E-state index in [2.05, 4.69) is 14.9 Å². The molecule has 1 amide bonds. The van der Waals surface area contributed by atoms with E-state index in [1.807, 2.05) is 0 Å². The molecular weight excluding hydrogens is 336 g/mol. The number of carbonyl (C=O) groups is 1. The van der Waals surface area contributed by atoms with Crippen LogP contribution in [0, 0.1) is 6.92 Å². The largest absolute Gasteiger partial charge is 0.375 e. The lowest BCUT2D eigenvalue weighted by Gasteiger charge is -2.31. The zero-order chi connectivity index (χ0) is 18.5. The van der Waals surface area contributed by atoms with Gasteiger partial charge in [-0.2, -0.15) is 0 Å². The van der Waals surface area contributed by atoms with Crippen molar-refractivity contribution in [3.8, 4) is 0 Å². The quantitative estimate of drug-likeness (QED) is 0.785. The summed E-state index contributed by atoms with van der Waals surface area (Å²) in [4.78, 5) is 45.0. The number of hydrogen-bond acceptors (Lipinski definition) is 5. The maximum absolute atomic E-state index is 12.8. The molecule has 144 valence electrons. The summed E-state index contributed by atoms with van der Waals surface area (Å²) in [6.45, 7) is 6.53. The molecule has 3 rings (SSSR count). The van der Waals surface area contributed by atoms with Gasteiger partial charge >= 0.3 is 5.69 Å². The molecule has 2 fully saturated rings. The number of amides is 1. The number of H-pyrrole nitrogens is 2. The van der Waals surface area contributed by atoms with E-state index in [1.54, 1.807) is 11.8 Å². The highest BCUT2D eigenvalue weighted by Crippen LogP contribution is 2.14. The summed E-state index contributed by atoms with van der Waals surface area (Å²) < 4.78 is 5.95. The number of carbonyl (C=O) groups excluding carboxylic acids is 1. The van der Waals surface area contributed by atoms with E-state index in [0.717, 1.165) is 26.1 Å². The SMILES string of the molecule is Cc1[nH]c(=O)[nH]c(=O)c1CC(=O)N1CCCOC(CN2CCCCC2)C1. The molecule has 26 heavy (non-hydrogen) atoms. The molecule has 0 radical (unpaired) electrons. The number of nitrogens with zero attached hydrogens (tertiary/aromatic N) is 2. The summed E-state index contributed by atoms with van der Waals surface area (Å²) in [6, 6.07) is 0. The predicted molar refractivity (Wildman–Crippen MR) is 97.4 cm³/mol. The maximum Gasteiger partial charge on any atom is 0.325 e. The molecule has 0 aliphatic carbocycles. The maximum atomic E-state index is 12.8. The zero-order valence-corrected chi connectivity index (χ0v) is 15.4. The van der Waals surface area contributed by atoms with Gasteiger partial charge < -0.3 is 19.5 Å². The summed E-state index contributed by atoms with van der Waals surface area (Å²) in [7, 11) is 0. The van der Waals surface area contributed by atoms with Crippen LogP contribution in [-0.4, -0.2) is 71.1 Å². The van der Waals surface area contributed by atoms with Crippen molar-refractivity contribution < 1.29 is 9.53 Å². The van der Waals surface area contributed by atoms with Crippen molar-refractivity contribution in [1.29, 1.82) is 0 Å². The smallest absolute Gasteiger partial charge is 0.325 e. The average Bonchev–Trinajstić information content (AvgIpc) is 2.84. The van der Waals surface area contributed by atoms with Crippen LogP contribution in [0.2, 0.25) is 0 Å². The molecule has 0 aromatic carbocycles. The van der Waals surface area contributed by atoms with E-state index in [-0.39, 0.29) is 18.4 Å². The number of likely N-dealkylation sites (tertiary alicyclic amines) is 1. The van der Waals surface area contributed by atoms with Crippen molar-refractivity contribution in [2.45, 2.75) is 45.1 Å². The van der Waals surface area contributed by atoms with Gasteiger partial charge in [0.25, 0.3) is 5.56 Å². The lowest BCUT2D eigenvalue weighted by molar-refractivity contribution is -0.131. The number of hydrogen-bond donors (Lipinski definition) is 2. The molecule has 1 atom stereocenters. The molecule has 0 bridgehead atoms. The van der Waals surface area contributed by atoms with Gasteiger partial charge in [-0.05, 0) is 39.3 Å². The van der Waals surface area contributed by atoms with Crippen LogP contribution in [0.3, 0.4) is 0 Å². The number of piperidine rings is 1.